The van der Waals surface area contributed by atoms with E-state index in [0.29, 0.717) is 5.75 Å². The van der Waals surface area contributed by atoms with Crippen LogP contribution < -0.4 is 15.4 Å². The van der Waals surface area contributed by atoms with Crippen molar-refractivity contribution in [1.29, 1.82) is 0 Å². The first-order chi connectivity index (χ1) is 11.9. The lowest BCUT2D eigenvalue weighted by Gasteiger charge is -2.27. The SMILES string of the molecule is CC(C)(NC(=O)NCc1ccccc1OCCO)c1ccc(F)cc1. The van der Waals surface area contributed by atoms with E-state index in [4.69, 9.17) is 9.84 Å². The third-order valence-electron chi connectivity index (χ3n) is 3.75. The van der Waals surface area contributed by atoms with Gasteiger partial charge in [0.2, 0.25) is 0 Å². The van der Waals surface area contributed by atoms with Gasteiger partial charge >= 0.3 is 6.03 Å². The summed E-state index contributed by atoms with van der Waals surface area (Å²) in [6, 6.07) is 13.0. The molecule has 0 aliphatic rings. The molecule has 0 aromatic heterocycles. The van der Waals surface area contributed by atoms with Gasteiger partial charge in [0.25, 0.3) is 0 Å². The van der Waals surface area contributed by atoms with Crippen LogP contribution in [0, 0.1) is 5.82 Å². The van der Waals surface area contributed by atoms with Crippen molar-refractivity contribution in [3.63, 3.8) is 0 Å². The molecule has 0 unspecified atom stereocenters. The van der Waals surface area contributed by atoms with Crippen molar-refractivity contribution in [3.8, 4) is 5.75 Å². The lowest BCUT2D eigenvalue weighted by Crippen LogP contribution is -2.46. The molecule has 0 atom stereocenters. The van der Waals surface area contributed by atoms with Gasteiger partial charge < -0.3 is 20.5 Å². The fourth-order valence-corrected chi connectivity index (χ4v) is 2.39. The predicted molar refractivity (Wildman–Crippen MR) is 93.8 cm³/mol. The van der Waals surface area contributed by atoms with Crippen LogP contribution in [0.25, 0.3) is 0 Å². The molecule has 134 valence electrons. The summed E-state index contributed by atoms with van der Waals surface area (Å²) in [5, 5.41) is 14.5. The highest BCUT2D eigenvalue weighted by atomic mass is 19.1. The number of carbonyl (C=O) groups excluding carboxylic acids is 1. The van der Waals surface area contributed by atoms with Crippen molar-refractivity contribution >= 4 is 6.03 Å². The van der Waals surface area contributed by atoms with Crippen molar-refractivity contribution in [1.82, 2.24) is 10.6 Å². The fraction of sp³-hybridized carbons (Fsp3) is 0.316. The molecule has 0 saturated carbocycles. The van der Waals surface area contributed by atoms with Crippen LogP contribution in [0.5, 0.6) is 5.75 Å². The van der Waals surface area contributed by atoms with Crippen LogP contribution >= 0.6 is 0 Å². The molecule has 0 radical (unpaired) electrons. The first-order valence-electron chi connectivity index (χ1n) is 8.06. The van der Waals surface area contributed by atoms with Crippen LogP contribution in [0.1, 0.15) is 25.0 Å². The van der Waals surface area contributed by atoms with Gasteiger partial charge in [-0.05, 0) is 37.6 Å². The Balaban J connectivity index is 1.95. The smallest absolute Gasteiger partial charge is 0.315 e. The van der Waals surface area contributed by atoms with Gasteiger partial charge in [-0.25, -0.2) is 9.18 Å². The molecule has 0 bridgehead atoms. The van der Waals surface area contributed by atoms with E-state index in [2.05, 4.69) is 10.6 Å². The Kier molecular flexibility index (Phi) is 6.36. The molecular formula is C19H23FN2O3. The third kappa shape index (κ3) is 5.46. The number of aliphatic hydroxyl groups is 1. The quantitative estimate of drug-likeness (QED) is 0.722. The van der Waals surface area contributed by atoms with E-state index in [0.717, 1.165) is 11.1 Å². The molecule has 6 heteroatoms. The normalized spacial score (nSPS) is 11.0. The minimum atomic E-state index is -0.648. The van der Waals surface area contributed by atoms with Crippen molar-refractivity contribution in [2.45, 2.75) is 25.9 Å². The molecule has 0 heterocycles. The molecule has 2 rings (SSSR count). The van der Waals surface area contributed by atoms with Crippen LogP contribution in [0.3, 0.4) is 0 Å². The van der Waals surface area contributed by atoms with E-state index < -0.39 is 5.54 Å². The Hall–Kier alpha value is -2.60. The van der Waals surface area contributed by atoms with E-state index in [1.807, 2.05) is 32.0 Å². The average Bonchev–Trinajstić information content (AvgIpc) is 2.59. The summed E-state index contributed by atoms with van der Waals surface area (Å²) in [5.41, 5.74) is 0.964. The predicted octanol–water partition coefficient (Wildman–Crippen LogP) is 2.93. The number of nitrogens with one attached hydrogen (secondary N) is 2. The fourth-order valence-electron chi connectivity index (χ4n) is 2.39. The number of para-hydroxylation sites is 1. The molecule has 0 spiro atoms. The number of carbonyl (C=O) groups is 1. The Morgan fingerprint density at radius 1 is 1.16 bits per heavy atom. The Morgan fingerprint density at radius 2 is 1.84 bits per heavy atom. The summed E-state index contributed by atoms with van der Waals surface area (Å²) in [5.74, 6) is 0.304. The average molecular weight is 346 g/mol. The van der Waals surface area contributed by atoms with Gasteiger partial charge in [-0.1, -0.05) is 30.3 Å². The van der Waals surface area contributed by atoms with E-state index in [1.165, 1.54) is 12.1 Å². The molecule has 0 aliphatic heterocycles. The van der Waals surface area contributed by atoms with Gasteiger partial charge in [-0.15, -0.1) is 0 Å². The second-order valence-corrected chi connectivity index (χ2v) is 6.12. The van der Waals surface area contributed by atoms with Gasteiger partial charge in [-0.3, -0.25) is 0 Å². The van der Waals surface area contributed by atoms with Gasteiger partial charge in [0.05, 0.1) is 12.1 Å². The number of benzene rings is 2. The number of hydrogen-bond acceptors (Lipinski definition) is 3. The zero-order chi connectivity index (χ0) is 18.3. The van der Waals surface area contributed by atoms with Crippen molar-refractivity contribution in [2.75, 3.05) is 13.2 Å². The number of aliphatic hydroxyl groups excluding tert-OH is 1. The van der Waals surface area contributed by atoms with Crippen LogP contribution in [0.4, 0.5) is 9.18 Å². The monoisotopic (exact) mass is 346 g/mol. The molecule has 3 N–H and O–H groups in total. The second kappa shape index (κ2) is 8.48. The molecule has 2 aromatic carbocycles. The summed E-state index contributed by atoms with van der Waals surface area (Å²) in [6.07, 6.45) is 0. The van der Waals surface area contributed by atoms with E-state index in [1.54, 1.807) is 18.2 Å². The van der Waals surface area contributed by atoms with Crippen molar-refractivity contribution in [3.05, 3.63) is 65.5 Å². The highest BCUT2D eigenvalue weighted by molar-refractivity contribution is 5.75. The number of rotatable bonds is 7. The molecule has 0 fully saturated rings. The Morgan fingerprint density at radius 3 is 2.52 bits per heavy atom. The summed E-state index contributed by atoms with van der Waals surface area (Å²) < 4.78 is 18.5. The minimum Gasteiger partial charge on any atom is -0.491 e. The summed E-state index contributed by atoms with van der Waals surface area (Å²) in [4.78, 5) is 12.2. The molecule has 0 saturated heterocycles. The van der Waals surface area contributed by atoms with Crippen molar-refractivity contribution < 1.29 is 19.0 Å². The van der Waals surface area contributed by atoms with Gasteiger partial charge in [0.15, 0.2) is 0 Å². The standard InChI is InChI=1S/C19H23FN2O3/c1-19(2,15-7-9-16(20)10-8-15)22-18(24)21-13-14-5-3-4-6-17(14)25-12-11-23/h3-10,23H,11-13H2,1-2H3,(H2,21,22,24). The molecule has 2 aromatic rings. The number of amides is 2. The first kappa shape index (κ1) is 18.7. The largest absolute Gasteiger partial charge is 0.491 e. The lowest BCUT2D eigenvalue weighted by molar-refractivity contribution is 0.200. The second-order valence-electron chi connectivity index (χ2n) is 6.12. The van der Waals surface area contributed by atoms with E-state index >= 15 is 0 Å². The van der Waals surface area contributed by atoms with Crippen LogP contribution in [0.2, 0.25) is 0 Å². The number of hydrogen-bond donors (Lipinski definition) is 3. The zero-order valence-corrected chi connectivity index (χ0v) is 14.4. The number of halogens is 1. The Labute approximate surface area is 146 Å². The van der Waals surface area contributed by atoms with Crippen LogP contribution in [0.15, 0.2) is 48.5 Å². The summed E-state index contributed by atoms with van der Waals surface area (Å²) >= 11 is 0. The third-order valence-corrected chi connectivity index (χ3v) is 3.75. The highest BCUT2D eigenvalue weighted by Crippen LogP contribution is 2.20. The first-order valence-corrected chi connectivity index (χ1v) is 8.06. The molecule has 25 heavy (non-hydrogen) atoms. The van der Waals surface area contributed by atoms with Crippen LogP contribution in [-0.2, 0) is 12.1 Å². The molecule has 5 nitrogen and oxygen atoms in total. The highest BCUT2D eigenvalue weighted by Gasteiger charge is 2.22. The van der Waals surface area contributed by atoms with Crippen LogP contribution in [-0.4, -0.2) is 24.4 Å². The zero-order valence-electron chi connectivity index (χ0n) is 14.4. The molecule has 0 aliphatic carbocycles. The van der Waals surface area contributed by atoms with Gasteiger partial charge in [0.1, 0.15) is 18.2 Å². The topological polar surface area (TPSA) is 70.6 Å². The van der Waals surface area contributed by atoms with Gasteiger partial charge in [-0.2, -0.15) is 0 Å². The molecular weight excluding hydrogens is 323 g/mol. The minimum absolute atomic E-state index is 0.0753. The molecule has 2 amide bonds. The Bertz CT molecular complexity index is 702. The summed E-state index contributed by atoms with van der Waals surface area (Å²) in [7, 11) is 0. The van der Waals surface area contributed by atoms with Crippen molar-refractivity contribution in [2.24, 2.45) is 0 Å². The summed E-state index contributed by atoms with van der Waals surface area (Å²) in [6.45, 7) is 4.10. The number of ether oxygens (including phenoxy) is 1. The van der Waals surface area contributed by atoms with Gasteiger partial charge in [0, 0.05) is 12.1 Å². The maximum absolute atomic E-state index is 13.0. The maximum Gasteiger partial charge on any atom is 0.315 e. The number of urea groups is 1. The maximum atomic E-state index is 13.0. The lowest BCUT2D eigenvalue weighted by atomic mass is 9.94. The van der Waals surface area contributed by atoms with E-state index in [9.17, 15) is 9.18 Å². The van der Waals surface area contributed by atoms with E-state index in [-0.39, 0.29) is 31.6 Å².